The van der Waals surface area contributed by atoms with E-state index >= 15 is 0 Å². The van der Waals surface area contributed by atoms with Crippen LogP contribution in [-0.2, 0) is 0 Å². The molecule has 0 saturated heterocycles. The Morgan fingerprint density at radius 3 is 2.45 bits per heavy atom. The second-order valence-corrected chi connectivity index (χ2v) is 8.61. The summed E-state index contributed by atoms with van der Waals surface area (Å²) < 4.78 is 5.01. The summed E-state index contributed by atoms with van der Waals surface area (Å²) in [5.41, 5.74) is 0. The Labute approximate surface area is 67.2 Å². The van der Waals surface area contributed by atoms with Crippen LogP contribution in [0.25, 0.3) is 0 Å². The monoisotopic (exact) mass is 168 g/mol. The number of hydrogen-bond donors (Lipinski definition) is 0. The lowest BCUT2D eigenvalue weighted by atomic mass is 10.5. The van der Waals surface area contributed by atoms with Crippen molar-refractivity contribution in [3.05, 3.63) is 18.1 Å². The molecular formula is C8H12O2Si. The predicted octanol–water partition coefficient (Wildman–Crippen LogP) is 1.64. The van der Waals surface area contributed by atoms with Crippen molar-refractivity contribution in [1.82, 2.24) is 0 Å². The maximum atomic E-state index is 10.5. The first-order chi connectivity index (χ1) is 5.05. The molecule has 1 heterocycles. The normalized spacial score (nSPS) is 11.5. The molecule has 0 atom stereocenters. The first-order valence-electron chi connectivity index (χ1n) is 3.59. The maximum absolute atomic E-state index is 10.5. The van der Waals surface area contributed by atoms with Crippen molar-refractivity contribution in [2.45, 2.75) is 19.6 Å². The molecule has 3 heteroatoms. The molecule has 0 unspecified atom stereocenters. The molecule has 0 aliphatic heterocycles. The standard InChI is InChI=1S/C8H12O2Si/c1-11(2,3)8-4-5-10-7(8)6-9/h4-6H,1-3H3. The maximum Gasteiger partial charge on any atom is 0.185 e. The fourth-order valence-electron chi connectivity index (χ4n) is 1.03. The van der Waals surface area contributed by atoms with Crippen molar-refractivity contribution < 1.29 is 9.21 Å². The molecule has 0 bridgehead atoms. The minimum Gasteiger partial charge on any atom is -0.462 e. The SMILES string of the molecule is C[Si](C)(C)c1ccoc1C=O. The van der Waals surface area contributed by atoms with Crippen LogP contribution in [0.4, 0.5) is 0 Å². The number of carbonyl (C=O) groups is 1. The molecular weight excluding hydrogens is 156 g/mol. The Bertz CT molecular complexity index is 257. The van der Waals surface area contributed by atoms with Crippen molar-refractivity contribution in [3.63, 3.8) is 0 Å². The van der Waals surface area contributed by atoms with E-state index in [9.17, 15) is 4.79 Å². The van der Waals surface area contributed by atoms with E-state index in [-0.39, 0.29) is 0 Å². The minimum atomic E-state index is -1.37. The molecule has 0 N–H and O–H groups in total. The van der Waals surface area contributed by atoms with Gasteiger partial charge in [-0.15, -0.1) is 0 Å². The quantitative estimate of drug-likeness (QED) is 0.496. The van der Waals surface area contributed by atoms with Gasteiger partial charge < -0.3 is 4.42 Å². The van der Waals surface area contributed by atoms with Gasteiger partial charge in [0.2, 0.25) is 0 Å². The van der Waals surface area contributed by atoms with Crippen LogP contribution in [0.2, 0.25) is 19.6 Å². The second kappa shape index (κ2) is 2.66. The lowest BCUT2D eigenvalue weighted by Gasteiger charge is -2.13. The molecule has 2 nitrogen and oxygen atoms in total. The van der Waals surface area contributed by atoms with Crippen LogP contribution in [0.1, 0.15) is 10.6 Å². The summed E-state index contributed by atoms with van der Waals surface area (Å²) in [6, 6.07) is 1.90. The van der Waals surface area contributed by atoms with Crippen LogP contribution >= 0.6 is 0 Å². The summed E-state index contributed by atoms with van der Waals surface area (Å²) in [4.78, 5) is 10.5. The van der Waals surface area contributed by atoms with E-state index < -0.39 is 8.07 Å². The van der Waals surface area contributed by atoms with Gasteiger partial charge in [0.15, 0.2) is 12.0 Å². The summed E-state index contributed by atoms with van der Waals surface area (Å²) in [6.45, 7) is 6.56. The van der Waals surface area contributed by atoms with Crippen LogP contribution in [0, 0.1) is 0 Å². The Hall–Kier alpha value is -0.833. The molecule has 1 rings (SSSR count). The Morgan fingerprint density at radius 1 is 1.45 bits per heavy atom. The van der Waals surface area contributed by atoms with Crippen LogP contribution in [0.5, 0.6) is 0 Å². The third-order valence-electron chi connectivity index (χ3n) is 1.61. The highest BCUT2D eigenvalue weighted by Gasteiger charge is 2.21. The summed E-state index contributed by atoms with van der Waals surface area (Å²) in [5, 5.41) is 1.10. The van der Waals surface area contributed by atoms with E-state index in [4.69, 9.17) is 4.42 Å². The Kier molecular flexibility index (Phi) is 2.00. The van der Waals surface area contributed by atoms with Crippen LogP contribution in [-0.4, -0.2) is 14.4 Å². The van der Waals surface area contributed by atoms with Crippen LogP contribution in [0.15, 0.2) is 16.7 Å². The average molecular weight is 168 g/mol. The van der Waals surface area contributed by atoms with E-state index in [2.05, 4.69) is 19.6 Å². The van der Waals surface area contributed by atoms with E-state index in [0.29, 0.717) is 5.76 Å². The lowest BCUT2D eigenvalue weighted by molar-refractivity contribution is 0.110. The summed E-state index contributed by atoms with van der Waals surface area (Å²) in [5.74, 6) is 0.504. The van der Waals surface area contributed by atoms with Crippen molar-refractivity contribution in [1.29, 1.82) is 0 Å². The molecule has 1 aromatic rings. The molecule has 0 aliphatic rings. The lowest BCUT2D eigenvalue weighted by Crippen LogP contribution is -2.38. The zero-order valence-electron chi connectivity index (χ0n) is 7.05. The van der Waals surface area contributed by atoms with E-state index in [1.165, 1.54) is 0 Å². The van der Waals surface area contributed by atoms with Gasteiger partial charge in [-0.25, -0.2) is 0 Å². The molecule has 60 valence electrons. The first-order valence-corrected chi connectivity index (χ1v) is 7.09. The van der Waals surface area contributed by atoms with Gasteiger partial charge >= 0.3 is 0 Å². The highest BCUT2D eigenvalue weighted by molar-refractivity contribution is 6.89. The number of carbonyl (C=O) groups excluding carboxylic acids is 1. The first kappa shape index (κ1) is 8.27. The van der Waals surface area contributed by atoms with Gasteiger partial charge in [-0.3, -0.25) is 4.79 Å². The van der Waals surface area contributed by atoms with Crippen LogP contribution in [0.3, 0.4) is 0 Å². The van der Waals surface area contributed by atoms with Crippen molar-refractivity contribution >= 4 is 19.5 Å². The number of furan rings is 1. The fraction of sp³-hybridized carbons (Fsp3) is 0.375. The molecule has 0 aromatic carbocycles. The van der Waals surface area contributed by atoms with Crippen molar-refractivity contribution in [2.75, 3.05) is 0 Å². The van der Waals surface area contributed by atoms with Gasteiger partial charge in [0.05, 0.1) is 14.3 Å². The summed E-state index contributed by atoms with van der Waals surface area (Å²) in [6.07, 6.45) is 2.37. The molecule has 0 amide bonds. The largest absolute Gasteiger partial charge is 0.462 e. The molecule has 11 heavy (non-hydrogen) atoms. The van der Waals surface area contributed by atoms with Gasteiger partial charge in [0.1, 0.15) is 0 Å². The average Bonchev–Trinajstić information content (AvgIpc) is 2.31. The highest BCUT2D eigenvalue weighted by atomic mass is 28.3. The third-order valence-corrected chi connectivity index (χ3v) is 3.64. The smallest absolute Gasteiger partial charge is 0.185 e. The fourth-order valence-corrected chi connectivity index (χ4v) is 2.46. The van der Waals surface area contributed by atoms with E-state index in [1.807, 2.05) is 6.07 Å². The summed E-state index contributed by atoms with van der Waals surface area (Å²) in [7, 11) is -1.37. The Morgan fingerprint density at radius 2 is 2.09 bits per heavy atom. The number of rotatable bonds is 2. The molecule has 0 aliphatic carbocycles. The van der Waals surface area contributed by atoms with Gasteiger partial charge in [0, 0.05) is 0 Å². The second-order valence-electron chi connectivity index (χ2n) is 3.57. The predicted molar refractivity (Wildman–Crippen MR) is 47.1 cm³/mol. The van der Waals surface area contributed by atoms with Gasteiger partial charge in [-0.1, -0.05) is 19.6 Å². The van der Waals surface area contributed by atoms with Gasteiger partial charge in [-0.05, 0) is 11.3 Å². The molecule has 0 spiro atoms. The zero-order chi connectivity index (χ0) is 8.48. The minimum absolute atomic E-state index is 0.504. The topological polar surface area (TPSA) is 30.2 Å². The molecule has 0 saturated carbocycles. The highest BCUT2D eigenvalue weighted by Crippen LogP contribution is 2.05. The number of aldehydes is 1. The summed E-state index contributed by atoms with van der Waals surface area (Å²) >= 11 is 0. The van der Waals surface area contributed by atoms with Gasteiger partial charge in [0.25, 0.3) is 0 Å². The van der Waals surface area contributed by atoms with Crippen LogP contribution < -0.4 is 5.19 Å². The van der Waals surface area contributed by atoms with Crippen molar-refractivity contribution in [3.8, 4) is 0 Å². The van der Waals surface area contributed by atoms with E-state index in [0.717, 1.165) is 11.5 Å². The third kappa shape index (κ3) is 1.60. The molecule has 0 fully saturated rings. The molecule has 1 aromatic heterocycles. The zero-order valence-corrected chi connectivity index (χ0v) is 8.05. The number of hydrogen-bond acceptors (Lipinski definition) is 2. The Balaban J connectivity index is 3.12. The van der Waals surface area contributed by atoms with Crippen molar-refractivity contribution in [2.24, 2.45) is 0 Å². The van der Waals surface area contributed by atoms with E-state index in [1.54, 1.807) is 6.26 Å². The molecule has 0 radical (unpaired) electrons. The van der Waals surface area contributed by atoms with Gasteiger partial charge in [-0.2, -0.15) is 0 Å².